The fraction of sp³-hybridized carbons (Fsp3) is 0.333. The lowest BCUT2D eigenvalue weighted by molar-refractivity contribution is 0.246. The van der Waals surface area contributed by atoms with E-state index in [0.717, 1.165) is 23.5 Å². The average Bonchev–Trinajstić information content (AvgIpc) is 2.49. The smallest absolute Gasteiger partial charge is 0.125 e. The lowest BCUT2D eigenvalue weighted by Gasteiger charge is -2.14. The number of ether oxygens (including phenoxy) is 2. The van der Waals surface area contributed by atoms with Crippen LogP contribution in [0, 0.1) is 20.8 Å². The predicted octanol–water partition coefficient (Wildman–Crippen LogP) is 4.70. The second-order valence-corrected chi connectivity index (χ2v) is 5.79. The van der Waals surface area contributed by atoms with Gasteiger partial charge >= 0.3 is 0 Å². The Bertz CT molecular complexity index is 656. The molecule has 0 amide bonds. The minimum atomic E-state index is 0.529. The van der Waals surface area contributed by atoms with E-state index in [0.29, 0.717) is 23.9 Å². The van der Waals surface area contributed by atoms with Crippen LogP contribution >= 0.6 is 11.6 Å². The predicted molar refractivity (Wildman–Crippen MR) is 92.1 cm³/mol. The van der Waals surface area contributed by atoms with Gasteiger partial charge in [0, 0.05) is 12.5 Å². The van der Waals surface area contributed by atoms with Crippen molar-refractivity contribution in [2.75, 3.05) is 18.9 Å². The molecule has 0 aliphatic heterocycles. The second kappa shape index (κ2) is 7.41. The first-order chi connectivity index (χ1) is 10.5. The molecule has 2 aromatic carbocycles. The van der Waals surface area contributed by atoms with E-state index < -0.39 is 0 Å². The van der Waals surface area contributed by atoms with Gasteiger partial charge in [-0.1, -0.05) is 23.7 Å². The van der Waals surface area contributed by atoms with E-state index in [1.165, 1.54) is 11.1 Å². The molecular formula is C18H22ClNO2. The Morgan fingerprint density at radius 3 is 2.36 bits per heavy atom. The maximum Gasteiger partial charge on any atom is 0.125 e. The molecular weight excluding hydrogens is 298 g/mol. The van der Waals surface area contributed by atoms with Gasteiger partial charge in [-0.25, -0.2) is 0 Å². The molecule has 2 N–H and O–H groups in total. The number of aryl methyl sites for hydroxylation is 2. The molecule has 118 valence electrons. The topological polar surface area (TPSA) is 44.5 Å². The van der Waals surface area contributed by atoms with E-state index in [2.05, 4.69) is 32.9 Å². The molecule has 0 heterocycles. The van der Waals surface area contributed by atoms with Crippen LogP contribution in [-0.2, 0) is 0 Å². The molecule has 0 bridgehead atoms. The van der Waals surface area contributed by atoms with Gasteiger partial charge in [0.05, 0.1) is 23.9 Å². The van der Waals surface area contributed by atoms with Crippen molar-refractivity contribution in [1.29, 1.82) is 0 Å². The van der Waals surface area contributed by atoms with Gasteiger partial charge in [-0.2, -0.15) is 0 Å². The van der Waals surface area contributed by atoms with Crippen LogP contribution < -0.4 is 15.2 Å². The van der Waals surface area contributed by atoms with Crippen LogP contribution in [0.3, 0.4) is 0 Å². The molecule has 0 saturated heterocycles. The van der Waals surface area contributed by atoms with E-state index in [9.17, 15) is 0 Å². The Kier molecular flexibility index (Phi) is 5.56. The summed E-state index contributed by atoms with van der Waals surface area (Å²) >= 11 is 5.87. The van der Waals surface area contributed by atoms with Gasteiger partial charge < -0.3 is 15.2 Å². The highest BCUT2D eigenvalue weighted by Gasteiger charge is 2.06. The summed E-state index contributed by atoms with van der Waals surface area (Å²) in [5.41, 5.74) is 9.87. The van der Waals surface area contributed by atoms with Crippen molar-refractivity contribution < 1.29 is 9.47 Å². The molecule has 0 aliphatic rings. The Labute approximate surface area is 137 Å². The molecule has 4 heteroatoms. The maximum atomic E-state index is 5.90. The van der Waals surface area contributed by atoms with Gasteiger partial charge in [-0.05, 0) is 49.6 Å². The number of rotatable bonds is 6. The molecule has 22 heavy (non-hydrogen) atoms. The minimum Gasteiger partial charge on any atom is -0.493 e. The van der Waals surface area contributed by atoms with Crippen molar-refractivity contribution in [3.8, 4) is 11.5 Å². The van der Waals surface area contributed by atoms with Gasteiger partial charge in [-0.15, -0.1) is 0 Å². The maximum absolute atomic E-state index is 5.90. The molecule has 3 nitrogen and oxygen atoms in total. The summed E-state index contributed by atoms with van der Waals surface area (Å²) in [6.45, 7) is 7.44. The molecule has 0 radical (unpaired) electrons. The van der Waals surface area contributed by atoms with Crippen LogP contribution in [0.15, 0.2) is 30.3 Å². The normalized spacial score (nSPS) is 10.5. The Balaban J connectivity index is 1.80. The first-order valence-electron chi connectivity index (χ1n) is 7.36. The number of anilines is 1. The molecule has 0 saturated carbocycles. The van der Waals surface area contributed by atoms with Crippen LogP contribution in [-0.4, -0.2) is 13.2 Å². The molecule has 0 spiro atoms. The fourth-order valence-corrected chi connectivity index (χ4v) is 2.30. The monoisotopic (exact) mass is 319 g/mol. The Morgan fingerprint density at radius 2 is 1.64 bits per heavy atom. The summed E-state index contributed by atoms with van der Waals surface area (Å²) in [5.74, 6) is 1.71. The molecule has 0 aliphatic carbocycles. The minimum absolute atomic E-state index is 0.529. The highest BCUT2D eigenvalue weighted by atomic mass is 35.5. The van der Waals surface area contributed by atoms with E-state index in [1.54, 1.807) is 12.1 Å². The van der Waals surface area contributed by atoms with Crippen LogP contribution in [0.2, 0.25) is 5.02 Å². The first kappa shape index (κ1) is 16.5. The van der Waals surface area contributed by atoms with Crippen molar-refractivity contribution in [2.45, 2.75) is 27.2 Å². The molecule has 2 aromatic rings. The number of nitrogens with two attached hydrogens (primary N) is 1. The number of benzene rings is 2. The molecule has 0 fully saturated rings. The quantitative estimate of drug-likeness (QED) is 0.620. The van der Waals surface area contributed by atoms with Crippen LogP contribution in [0.5, 0.6) is 11.5 Å². The fourth-order valence-electron chi connectivity index (χ4n) is 2.18. The van der Waals surface area contributed by atoms with E-state index >= 15 is 0 Å². The average molecular weight is 320 g/mol. The van der Waals surface area contributed by atoms with E-state index in [1.807, 2.05) is 6.07 Å². The second-order valence-electron chi connectivity index (χ2n) is 5.39. The van der Waals surface area contributed by atoms with Gasteiger partial charge in [0.1, 0.15) is 11.5 Å². The van der Waals surface area contributed by atoms with Gasteiger partial charge in [0.25, 0.3) is 0 Å². The number of nitrogen functional groups attached to an aromatic ring is 1. The van der Waals surface area contributed by atoms with Gasteiger partial charge in [-0.3, -0.25) is 0 Å². The zero-order chi connectivity index (χ0) is 16.1. The highest BCUT2D eigenvalue weighted by Crippen LogP contribution is 2.26. The van der Waals surface area contributed by atoms with Crippen LogP contribution in [0.1, 0.15) is 23.1 Å². The summed E-state index contributed by atoms with van der Waals surface area (Å²) in [4.78, 5) is 0. The third-order valence-electron chi connectivity index (χ3n) is 3.64. The van der Waals surface area contributed by atoms with Crippen LogP contribution in [0.4, 0.5) is 5.69 Å². The lowest BCUT2D eigenvalue weighted by Crippen LogP contribution is -2.07. The summed E-state index contributed by atoms with van der Waals surface area (Å²) in [7, 11) is 0. The van der Waals surface area contributed by atoms with Crippen LogP contribution in [0.25, 0.3) is 0 Å². The van der Waals surface area contributed by atoms with Crippen molar-refractivity contribution in [1.82, 2.24) is 0 Å². The summed E-state index contributed by atoms with van der Waals surface area (Å²) in [6, 6.07) is 9.49. The van der Waals surface area contributed by atoms with E-state index in [4.69, 9.17) is 26.8 Å². The van der Waals surface area contributed by atoms with Crippen molar-refractivity contribution in [3.63, 3.8) is 0 Å². The van der Waals surface area contributed by atoms with Crippen molar-refractivity contribution in [3.05, 3.63) is 52.0 Å². The molecule has 2 rings (SSSR count). The lowest BCUT2D eigenvalue weighted by atomic mass is 10.1. The summed E-state index contributed by atoms with van der Waals surface area (Å²) in [5, 5.41) is 0.543. The molecule has 0 aromatic heterocycles. The number of hydrogen-bond donors (Lipinski definition) is 1. The third kappa shape index (κ3) is 4.08. The van der Waals surface area contributed by atoms with Crippen molar-refractivity contribution in [2.24, 2.45) is 0 Å². The largest absolute Gasteiger partial charge is 0.493 e. The summed E-state index contributed by atoms with van der Waals surface area (Å²) in [6.07, 6.45) is 0.801. The number of halogens is 1. The molecule has 0 atom stereocenters. The number of hydrogen-bond acceptors (Lipinski definition) is 3. The first-order valence-corrected chi connectivity index (χ1v) is 7.74. The van der Waals surface area contributed by atoms with Gasteiger partial charge in [0.15, 0.2) is 0 Å². The SMILES string of the molecule is Cc1ccc(C)c(OCCCOc2ccc(Cl)c(N)c2)c1C. The Morgan fingerprint density at radius 1 is 0.955 bits per heavy atom. The Hall–Kier alpha value is -1.87. The standard InChI is InChI=1S/C18H22ClNO2/c1-12-5-6-13(2)18(14(12)3)22-10-4-9-21-15-7-8-16(19)17(20)11-15/h5-8,11H,4,9-10,20H2,1-3H3. The highest BCUT2D eigenvalue weighted by molar-refractivity contribution is 6.33. The van der Waals surface area contributed by atoms with E-state index in [-0.39, 0.29) is 0 Å². The third-order valence-corrected chi connectivity index (χ3v) is 3.99. The molecule has 0 unspecified atom stereocenters. The van der Waals surface area contributed by atoms with Gasteiger partial charge in [0.2, 0.25) is 0 Å². The summed E-state index contributed by atoms with van der Waals surface area (Å²) < 4.78 is 11.5. The van der Waals surface area contributed by atoms with Crippen molar-refractivity contribution >= 4 is 17.3 Å². The zero-order valence-corrected chi connectivity index (χ0v) is 14.0. The zero-order valence-electron chi connectivity index (χ0n) is 13.3.